The van der Waals surface area contributed by atoms with Crippen LogP contribution in [0.1, 0.15) is 15.9 Å². The van der Waals surface area contributed by atoms with E-state index in [1.807, 2.05) is 19.1 Å². The van der Waals surface area contributed by atoms with Crippen LogP contribution in [0.5, 0.6) is 5.75 Å². The fraction of sp³-hybridized carbons (Fsp3) is 0.125. The van der Waals surface area contributed by atoms with Crippen molar-refractivity contribution >= 4 is 15.0 Å². The molecule has 3 nitrogen and oxygen atoms in total. The van der Waals surface area contributed by atoms with E-state index in [0.717, 1.165) is 5.56 Å². The molecule has 1 aliphatic heterocycles. The summed E-state index contributed by atoms with van der Waals surface area (Å²) < 4.78 is 9.94. The smallest absolute Gasteiger partial charge is 0.347 e. The van der Waals surface area contributed by atoms with Gasteiger partial charge in [-0.1, -0.05) is 12.1 Å². The lowest BCUT2D eigenvalue weighted by molar-refractivity contribution is 0.0731. The Morgan fingerprint density at radius 1 is 1.33 bits per heavy atom. The van der Waals surface area contributed by atoms with Gasteiger partial charge in [0.15, 0.2) is 0 Å². The van der Waals surface area contributed by atoms with Gasteiger partial charge in [0.25, 0.3) is 9.03 Å². The molecule has 0 saturated heterocycles. The second-order valence-corrected chi connectivity index (χ2v) is 3.10. The van der Waals surface area contributed by atoms with Gasteiger partial charge in [0.1, 0.15) is 11.3 Å². The molecule has 0 fully saturated rings. The van der Waals surface area contributed by atoms with Crippen molar-refractivity contribution < 1.29 is 13.8 Å². The molecule has 0 aliphatic carbocycles. The molecule has 12 heavy (non-hydrogen) atoms. The number of para-hydroxylation sites is 1. The van der Waals surface area contributed by atoms with E-state index in [-0.39, 0.29) is 15.0 Å². The number of hydrogen-bond acceptors (Lipinski definition) is 3. The van der Waals surface area contributed by atoms with Crippen molar-refractivity contribution in [3.05, 3.63) is 29.3 Å². The van der Waals surface area contributed by atoms with Crippen molar-refractivity contribution in [3.63, 3.8) is 0 Å². The molecule has 1 unspecified atom stereocenters. The summed E-state index contributed by atoms with van der Waals surface area (Å²) in [6.45, 7) is 1.90. The first-order valence-electron chi connectivity index (χ1n) is 3.51. The average Bonchev–Trinajstić information content (AvgIpc) is 2.07. The van der Waals surface area contributed by atoms with Crippen LogP contribution in [0.2, 0.25) is 0 Å². The highest BCUT2D eigenvalue weighted by Gasteiger charge is 2.20. The highest BCUT2D eigenvalue weighted by molar-refractivity contribution is 7.27. The van der Waals surface area contributed by atoms with E-state index in [1.54, 1.807) is 6.07 Å². The van der Waals surface area contributed by atoms with Crippen LogP contribution in [-0.4, -0.2) is 5.97 Å². The first kappa shape index (κ1) is 7.56. The third-order valence-electron chi connectivity index (χ3n) is 1.71. The molecule has 0 saturated carbocycles. The topological polar surface area (TPSA) is 35.5 Å². The minimum Gasteiger partial charge on any atom is -0.439 e. The van der Waals surface area contributed by atoms with Crippen LogP contribution in [0, 0.1) is 6.92 Å². The number of fused-ring (bicyclic) bond motifs is 1. The second kappa shape index (κ2) is 2.76. The number of rotatable bonds is 0. The van der Waals surface area contributed by atoms with Crippen molar-refractivity contribution in [2.75, 3.05) is 0 Å². The SMILES string of the molecule is Cc1cccc2c1OPOC2=O. The maximum atomic E-state index is 11.1. The minimum atomic E-state index is -0.293. The van der Waals surface area contributed by atoms with Gasteiger partial charge >= 0.3 is 5.97 Å². The Bertz CT molecular complexity index is 335. The van der Waals surface area contributed by atoms with Gasteiger partial charge in [-0.3, -0.25) is 0 Å². The molecular formula is C8H7O3P. The molecule has 1 heterocycles. The van der Waals surface area contributed by atoms with E-state index >= 15 is 0 Å². The van der Waals surface area contributed by atoms with E-state index in [2.05, 4.69) is 0 Å². The maximum absolute atomic E-state index is 11.1. The standard InChI is InChI=1S/C8H7O3P/c1-5-3-2-4-6-7(5)10-12-11-8(6)9/h2-4,12H,1H3. The van der Waals surface area contributed by atoms with Crippen molar-refractivity contribution in [3.8, 4) is 5.75 Å². The normalized spacial score (nSPS) is 16.6. The molecule has 0 amide bonds. The monoisotopic (exact) mass is 182 g/mol. The van der Waals surface area contributed by atoms with Crippen LogP contribution in [0.4, 0.5) is 0 Å². The average molecular weight is 182 g/mol. The Morgan fingerprint density at radius 2 is 2.17 bits per heavy atom. The number of aryl methyl sites for hydroxylation is 1. The fourth-order valence-electron chi connectivity index (χ4n) is 1.10. The van der Waals surface area contributed by atoms with Crippen molar-refractivity contribution in [2.45, 2.75) is 6.92 Å². The van der Waals surface area contributed by atoms with Gasteiger partial charge in [-0.2, -0.15) is 0 Å². The van der Waals surface area contributed by atoms with Crippen molar-refractivity contribution in [1.82, 2.24) is 0 Å². The molecule has 0 spiro atoms. The summed E-state index contributed by atoms with van der Waals surface area (Å²) in [5.74, 6) is 0.366. The van der Waals surface area contributed by atoms with Crippen LogP contribution >= 0.6 is 9.03 Å². The molecular weight excluding hydrogens is 175 g/mol. The summed E-state index contributed by atoms with van der Waals surface area (Å²) >= 11 is 0. The van der Waals surface area contributed by atoms with Crippen LogP contribution < -0.4 is 4.52 Å². The van der Waals surface area contributed by atoms with Gasteiger partial charge in [-0.25, -0.2) is 4.79 Å². The van der Waals surface area contributed by atoms with Gasteiger partial charge in [0, 0.05) is 0 Å². The number of carbonyl (C=O) groups is 1. The van der Waals surface area contributed by atoms with Crippen molar-refractivity contribution in [2.24, 2.45) is 0 Å². The quantitative estimate of drug-likeness (QED) is 0.576. The highest BCUT2D eigenvalue weighted by Crippen LogP contribution is 2.35. The fourth-order valence-corrected chi connectivity index (χ4v) is 1.69. The molecule has 0 aromatic heterocycles. The molecule has 1 aromatic rings. The van der Waals surface area contributed by atoms with E-state index in [1.165, 1.54) is 0 Å². The van der Waals surface area contributed by atoms with Crippen LogP contribution in [0.25, 0.3) is 0 Å². The summed E-state index contributed by atoms with van der Waals surface area (Å²) in [7, 11) is -0.204. The van der Waals surface area contributed by atoms with Crippen LogP contribution in [0.15, 0.2) is 18.2 Å². The second-order valence-electron chi connectivity index (χ2n) is 2.53. The maximum Gasteiger partial charge on any atom is 0.347 e. The Hall–Kier alpha value is -1.08. The molecule has 0 radical (unpaired) electrons. The van der Waals surface area contributed by atoms with Crippen LogP contribution in [0.3, 0.4) is 0 Å². The van der Waals surface area contributed by atoms with E-state index in [9.17, 15) is 4.79 Å². The van der Waals surface area contributed by atoms with Gasteiger partial charge < -0.3 is 9.05 Å². The Kier molecular flexibility index (Phi) is 1.74. The molecule has 1 aliphatic rings. The van der Waals surface area contributed by atoms with Crippen molar-refractivity contribution in [1.29, 1.82) is 0 Å². The Labute approximate surface area is 71.6 Å². The molecule has 1 aromatic carbocycles. The number of hydrogen-bond donors (Lipinski definition) is 0. The largest absolute Gasteiger partial charge is 0.439 e. The van der Waals surface area contributed by atoms with Gasteiger partial charge in [0.05, 0.1) is 0 Å². The summed E-state index contributed by atoms with van der Waals surface area (Å²) in [5, 5.41) is 0. The number of carbonyl (C=O) groups excluding carboxylic acids is 1. The lowest BCUT2D eigenvalue weighted by Crippen LogP contribution is -2.08. The zero-order valence-corrected chi connectivity index (χ0v) is 7.46. The highest BCUT2D eigenvalue weighted by atomic mass is 31.1. The predicted molar refractivity (Wildman–Crippen MR) is 45.5 cm³/mol. The first-order valence-corrected chi connectivity index (χ1v) is 4.33. The summed E-state index contributed by atoms with van der Waals surface area (Å²) in [6.07, 6.45) is 0. The van der Waals surface area contributed by atoms with Gasteiger partial charge in [-0.15, -0.1) is 0 Å². The van der Waals surface area contributed by atoms with Gasteiger partial charge in [-0.05, 0) is 18.6 Å². The summed E-state index contributed by atoms with van der Waals surface area (Å²) in [5.41, 5.74) is 1.49. The van der Waals surface area contributed by atoms with E-state index in [4.69, 9.17) is 9.05 Å². The lowest BCUT2D eigenvalue weighted by atomic mass is 10.1. The Morgan fingerprint density at radius 3 is 2.92 bits per heavy atom. The minimum absolute atomic E-state index is 0.204. The molecule has 4 heteroatoms. The summed E-state index contributed by atoms with van der Waals surface area (Å²) in [4.78, 5) is 11.1. The third-order valence-corrected chi connectivity index (χ3v) is 2.27. The van der Waals surface area contributed by atoms with Crippen LogP contribution in [-0.2, 0) is 4.52 Å². The molecule has 0 bridgehead atoms. The van der Waals surface area contributed by atoms with E-state index < -0.39 is 0 Å². The lowest BCUT2D eigenvalue weighted by Gasteiger charge is -2.16. The van der Waals surface area contributed by atoms with E-state index in [0.29, 0.717) is 11.3 Å². The molecule has 62 valence electrons. The zero-order valence-electron chi connectivity index (χ0n) is 6.46. The van der Waals surface area contributed by atoms with Gasteiger partial charge in [0.2, 0.25) is 0 Å². The predicted octanol–water partition coefficient (Wildman–Crippen LogP) is 2.05. The third kappa shape index (κ3) is 1.07. The zero-order chi connectivity index (χ0) is 8.55. The molecule has 1 atom stereocenters. The first-order chi connectivity index (χ1) is 5.79. The Balaban J connectivity index is 2.59. The molecule has 2 rings (SSSR count). The molecule has 0 N–H and O–H groups in total. The number of benzene rings is 1. The summed E-state index contributed by atoms with van der Waals surface area (Å²) in [6, 6.07) is 5.42.